The number of hydrogen-bond acceptors (Lipinski definition) is 2. The van der Waals surface area contributed by atoms with E-state index in [9.17, 15) is 0 Å². The molecule has 2 aromatic rings. The van der Waals surface area contributed by atoms with E-state index in [4.69, 9.17) is 25.3 Å². The second-order valence-corrected chi connectivity index (χ2v) is 9.33. The Hall–Kier alpha value is 0.477. The van der Waals surface area contributed by atoms with Gasteiger partial charge in [-0.25, -0.2) is 0 Å². The topological polar surface area (TPSA) is 0 Å². The van der Waals surface area contributed by atoms with Crippen LogP contribution in [0, 0.1) is 35.8 Å². The van der Waals surface area contributed by atoms with Crippen molar-refractivity contribution in [3.05, 3.63) is 84.3 Å². The summed E-state index contributed by atoms with van der Waals surface area (Å²) in [5, 5.41) is 0. The Morgan fingerprint density at radius 3 is 0.750 bits per heavy atom. The van der Waals surface area contributed by atoms with Crippen LogP contribution in [-0.4, -0.2) is 47.8 Å². The summed E-state index contributed by atoms with van der Waals surface area (Å²) in [7, 11) is 0. The molecular formula is C28H44S2Sn2. The molecule has 0 spiro atoms. The van der Waals surface area contributed by atoms with Crippen molar-refractivity contribution in [1.29, 1.82) is 0 Å². The molecule has 0 bridgehead atoms. The molecule has 0 heterocycles. The Morgan fingerprint density at radius 1 is 0.500 bits per heavy atom. The molecule has 32 heavy (non-hydrogen) atoms. The van der Waals surface area contributed by atoms with E-state index in [-0.39, 0.29) is 47.8 Å². The van der Waals surface area contributed by atoms with Crippen molar-refractivity contribution in [3.63, 3.8) is 0 Å². The molecule has 4 heteroatoms. The average Bonchev–Trinajstić information content (AvgIpc) is 2.55. The average molecular weight is 682 g/mol. The van der Waals surface area contributed by atoms with Crippen LogP contribution in [0.5, 0.6) is 0 Å². The van der Waals surface area contributed by atoms with E-state index in [1.54, 1.807) is 0 Å². The molecule has 0 amide bonds. The van der Waals surface area contributed by atoms with Gasteiger partial charge in [-0.05, 0) is 35.8 Å². The first-order valence-electron chi connectivity index (χ1n) is 10.1. The van der Waals surface area contributed by atoms with Crippen LogP contribution >= 0.6 is 0 Å². The van der Waals surface area contributed by atoms with Crippen LogP contribution in [0.25, 0.3) is 0 Å². The minimum atomic E-state index is 0. The summed E-state index contributed by atoms with van der Waals surface area (Å²) in [5.74, 6) is 5.67. The summed E-state index contributed by atoms with van der Waals surface area (Å²) >= 11 is 9.51. The maximum atomic E-state index is 4.76. The van der Waals surface area contributed by atoms with Gasteiger partial charge in [0.2, 0.25) is 0 Å². The molecule has 0 unspecified atom stereocenters. The standard InChI is InChI=1S/2C6H5S.4C4H9.2Sn/c2*7-6-4-2-1-3-5-6;4*1-4(2)3;;/h2*1-4,7H;4*1-3H3;;/q;;;;;;;+2/p-2. The third-order valence-electron chi connectivity index (χ3n) is 1.36. The summed E-state index contributed by atoms with van der Waals surface area (Å²) in [4.78, 5) is 1.56. The van der Waals surface area contributed by atoms with Gasteiger partial charge in [-0.1, -0.05) is 132 Å². The summed E-state index contributed by atoms with van der Waals surface area (Å²) in [6.45, 7) is 25.0. The molecule has 12 radical (unpaired) electrons. The largest absolute Gasteiger partial charge is 2.00 e. The van der Waals surface area contributed by atoms with Crippen molar-refractivity contribution in [2.45, 2.75) is 92.9 Å². The summed E-state index contributed by atoms with van der Waals surface area (Å²) in [6.07, 6.45) is 0. The van der Waals surface area contributed by atoms with E-state index in [1.165, 1.54) is 23.7 Å². The van der Waals surface area contributed by atoms with E-state index in [2.05, 4.69) is 95.2 Å². The fourth-order valence-corrected chi connectivity index (χ4v) is 1.05. The predicted octanol–water partition coefficient (Wildman–Crippen LogP) is 8.51. The minimum absolute atomic E-state index is 0. The molecule has 0 N–H and O–H groups in total. The van der Waals surface area contributed by atoms with Crippen LogP contribution < -0.4 is 0 Å². The zero-order valence-corrected chi connectivity index (χ0v) is 29.8. The van der Waals surface area contributed by atoms with Crippen LogP contribution in [-0.2, 0) is 25.3 Å². The molecular weight excluding hydrogens is 638 g/mol. The van der Waals surface area contributed by atoms with Crippen LogP contribution in [0.2, 0.25) is 0 Å². The van der Waals surface area contributed by atoms with Gasteiger partial charge in [-0.3, -0.25) is 0 Å². The molecule has 0 aliphatic heterocycles. The fraction of sp³-hybridized carbons (Fsp3) is 0.429. The van der Waals surface area contributed by atoms with Gasteiger partial charge in [0.1, 0.15) is 0 Å². The molecule has 176 valence electrons. The van der Waals surface area contributed by atoms with Gasteiger partial charge >= 0.3 is 23.9 Å². The third-order valence-corrected chi connectivity index (χ3v) is 1.87. The Kier molecular flexibility index (Phi) is 51.7. The van der Waals surface area contributed by atoms with Gasteiger partial charge in [-0.15, -0.1) is 0 Å². The Morgan fingerprint density at radius 2 is 0.688 bits per heavy atom. The zero-order chi connectivity index (χ0) is 24.5. The molecule has 0 nitrogen and oxygen atoms in total. The Labute approximate surface area is 248 Å². The number of rotatable bonds is 0. The van der Waals surface area contributed by atoms with E-state index < -0.39 is 0 Å². The first-order valence-corrected chi connectivity index (χ1v) is 10.9. The molecule has 0 fully saturated rings. The van der Waals surface area contributed by atoms with Crippen molar-refractivity contribution in [2.75, 3.05) is 0 Å². The normalized spacial score (nSPS) is 8.25. The number of hydrogen-bond donors (Lipinski definition) is 0. The second kappa shape index (κ2) is 36.1. The van der Waals surface area contributed by atoms with E-state index in [0.717, 1.165) is 9.79 Å². The minimum Gasteiger partial charge on any atom is -0.779 e. The molecule has 0 aromatic heterocycles. The van der Waals surface area contributed by atoms with Crippen molar-refractivity contribution < 1.29 is 0 Å². The molecule has 0 aliphatic carbocycles. The van der Waals surface area contributed by atoms with Crippen molar-refractivity contribution >= 4 is 73.1 Å². The van der Waals surface area contributed by atoms with Gasteiger partial charge in [0.05, 0.1) is 0 Å². The predicted molar refractivity (Wildman–Crippen MR) is 154 cm³/mol. The van der Waals surface area contributed by atoms with Crippen LogP contribution in [0.4, 0.5) is 0 Å². The van der Waals surface area contributed by atoms with Crippen LogP contribution in [0.1, 0.15) is 83.1 Å². The maximum Gasteiger partial charge on any atom is 2.00 e. The van der Waals surface area contributed by atoms with E-state index in [0.29, 0.717) is 0 Å². The second-order valence-electron chi connectivity index (χ2n) is 8.45. The van der Waals surface area contributed by atoms with Crippen LogP contribution in [0.15, 0.2) is 58.3 Å². The number of benzene rings is 2. The quantitative estimate of drug-likeness (QED) is 0.202. The third kappa shape index (κ3) is 97.5. The Bertz CT molecular complexity index is 441. The summed E-state index contributed by atoms with van der Waals surface area (Å²) in [5.41, 5.74) is 0. The summed E-state index contributed by atoms with van der Waals surface area (Å²) < 4.78 is 0. The van der Waals surface area contributed by atoms with E-state index in [1.807, 2.05) is 48.5 Å². The van der Waals surface area contributed by atoms with Gasteiger partial charge in [0, 0.05) is 23.9 Å². The van der Waals surface area contributed by atoms with E-state index >= 15 is 0 Å². The van der Waals surface area contributed by atoms with Gasteiger partial charge < -0.3 is 25.3 Å². The van der Waals surface area contributed by atoms with Gasteiger partial charge in [-0.2, -0.15) is 9.79 Å². The zero-order valence-electron chi connectivity index (χ0n) is 22.4. The smallest absolute Gasteiger partial charge is 0.779 e. The molecule has 0 saturated heterocycles. The van der Waals surface area contributed by atoms with Crippen molar-refractivity contribution in [2.24, 2.45) is 0 Å². The molecule has 2 aromatic carbocycles. The monoisotopic (exact) mass is 684 g/mol. The molecule has 0 saturated carbocycles. The molecule has 0 atom stereocenters. The van der Waals surface area contributed by atoms with Crippen molar-refractivity contribution in [3.8, 4) is 0 Å². The first kappa shape index (κ1) is 45.9. The molecule has 2 rings (SSSR count). The Balaban J connectivity index is -0.0000000643. The summed E-state index contributed by atoms with van der Waals surface area (Å²) in [6, 6.07) is 20.6. The van der Waals surface area contributed by atoms with Gasteiger partial charge in [0.15, 0.2) is 0 Å². The fourth-order valence-electron chi connectivity index (χ4n) is 0.754. The SMILES string of the molecule is C[C](C)C.C[C](C)C.C[C](C)C.C[C](C)C.[S-]c1[c]cccc1.[S-]c1[c]cccc1.[Sn+2].[Sn]. The van der Waals surface area contributed by atoms with Crippen LogP contribution in [0.3, 0.4) is 0 Å². The molecule has 0 aliphatic rings. The maximum absolute atomic E-state index is 4.76. The first-order chi connectivity index (χ1) is 13.7. The van der Waals surface area contributed by atoms with Crippen molar-refractivity contribution in [1.82, 2.24) is 0 Å². The van der Waals surface area contributed by atoms with Gasteiger partial charge in [0.25, 0.3) is 0 Å².